The molecule has 5 heteroatoms. The van der Waals surface area contributed by atoms with Crippen LogP contribution in [0.1, 0.15) is 15.9 Å². The topological polar surface area (TPSA) is 32.3 Å². The minimum atomic E-state index is -0.637. The lowest BCUT2D eigenvalue weighted by atomic mass is 10.1. The minimum Gasteiger partial charge on any atom is -0.378 e. The molecule has 1 amide bonds. The van der Waals surface area contributed by atoms with E-state index >= 15 is 0 Å². The number of halogens is 2. The van der Waals surface area contributed by atoms with Gasteiger partial charge in [-0.15, -0.1) is 0 Å². The van der Waals surface area contributed by atoms with Crippen molar-refractivity contribution in [3.05, 3.63) is 58.4 Å². The summed E-state index contributed by atoms with van der Waals surface area (Å²) in [4.78, 5) is 14.1. The Balaban J connectivity index is 2.23. The number of rotatable bonds is 3. The number of amides is 1. The predicted molar refractivity (Wildman–Crippen MR) is 84.9 cm³/mol. The molecular formula is C16H16ClFN2O. The van der Waals surface area contributed by atoms with Crippen molar-refractivity contribution in [3.63, 3.8) is 0 Å². The van der Waals surface area contributed by atoms with Gasteiger partial charge in [0, 0.05) is 30.5 Å². The predicted octanol–water partition coefficient (Wildman–Crippen LogP) is 4.11. The van der Waals surface area contributed by atoms with Gasteiger partial charge < -0.3 is 10.2 Å². The van der Waals surface area contributed by atoms with Crippen LogP contribution >= 0.6 is 11.6 Å². The summed E-state index contributed by atoms with van der Waals surface area (Å²) in [5.41, 5.74) is 2.56. The second kappa shape index (κ2) is 6.14. The zero-order chi connectivity index (χ0) is 15.6. The Hall–Kier alpha value is -2.07. The Kier molecular flexibility index (Phi) is 4.48. The Morgan fingerprint density at radius 3 is 2.48 bits per heavy atom. The molecule has 2 aromatic carbocycles. The van der Waals surface area contributed by atoms with Crippen LogP contribution in [0.15, 0.2) is 36.4 Å². The van der Waals surface area contributed by atoms with E-state index in [9.17, 15) is 9.18 Å². The molecule has 3 nitrogen and oxygen atoms in total. The fourth-order valence-corrected chi connectivity index (χ4v) is 2.09. The summed E-state index contributed by atoms with van der Waals surface area (Å²) in [6.07, 6.45) is 0. The molecule has 0 saturated carbocycles. The molecule has 2 aromatic rings. The maximum absolute atomic E-state index is 13.7. The molecule has 110 valence electrons. The number of hydrogen-bond donors (Lipinski definition) is 1. The molecule has 0 spiro atoms. The van der Waals surface area contributed by atoms with Gasteiger partial charge in [-0.25, -0.2) is 4.39 Å². The van der Waals surface area contributed by atoms with Crippen LogP contribution < -0.4 is 10.2 Å². The molecule has 1 N–H and O–H groups in total. The number of hydrogen-bond acceptors (Lipinski definition) is 2. The van der Waals surface area contributed by atoms with Gasteiger partial charge in [0.25, 0.3) is 5.91 Å². The van der Waals surface area contributed by atoms with Crippen molar-refractivity contribution in [2.75, 3.05) is 24.3 Å². The average Bonchev–Trinajstić information content (AvgIpc) is 2.40. The van der Waals surface area contributed by atoms with E-state index in [2.05, 4.69) is 5.32 Å². The van der Waals surface area contributed by atoms with Gasteiger partial charge in [0.05, 0.1) is 5.56 Å². The summed E-state index contributed by atoms with van der Waals surface area (Å²) in [7, 11) is 3.88. The Bertz CT molecular complexity index is 686. The number of carbonyl (C=O) groups is 1. The van der Waals surface area contributed by atoms with Crippen LogP contribution in [0.25, 0.3) is 0 Å². The second-order valence-electron chi connectivity index (χ2n) is 4.97. The number of carbonyl (C=O) groups excluding carboxylic acids is 1. The van der Waals surface area contributed by atoms with Crippen molar-refractivity contribution in [1.82, 2.24) is 0 Å². The summed E-state index contributed by atoms with van der Waals surface area (Å²) in [5.74, 6) is -1.13. The molecular weight excluding hydrogens is 291 g/mol. The van der Waals surface area contributed by atoms with Gasteiger partial charge in [-0.2, -0.15) is 0 Å². The van der Waals surface area contributed by atoms with Crippen LogP contribution in [0, 0.1) is 12.7 Å². The average molecular weight is 307 g/mol. The molecule has 0 saturated heterocycles. The summed E-state index contributed by atoms with van der Waals surface area (Å²) >= 11 is 5.68. The maximum Gasteiger partial charge on any atom is 0.258 e. The highest BCUT2D eigenvalue weighted by molar-refractivity contribution is 6.30. The molecule has 21 heavy (non-hydrogen) atoms. The highest BCUT2D eigenvalue weighted by Crippen LogP contribution is 2.22. The fourth-order valence-electron chi connectivity index (χ4n) is 1.93. The SMILES string of the molecule is Cc1cc(N(C)C)ccc1NC(=O)c1ccc(Cl)cc1F. The highest BCUT2D eigenvalue weighted by atomic mass is 35.5. The van der Waals surface area contributed by atoms with E-state index in [1.807, 2.05) is 38.1 Å². The van der Waals surface area contributed by atoms with E-state index < -0.39 is 11.7 Å². The van der Waals surface area contributed by atoms with Crippen LogP contribution in [-0.2, 0) is 0 Å². The summed E-state index contributed by atoms with van der Waals surface area (Å²) in [5, 5.41) is 2.97. The first-order valence-corrected chi connectivity index (χ1v) is 6.80. The van der Waals surface area contributed by atoms with Crippen molar-refractivity contribution in [2.24, 2.45) is 0 Å². The fraction of sp³-hybridized carbons (Fsp3) is 0.188. The van der Waals surface area contributed by atoms with Gasteiger partial charge in [-0.3, -0.25) is 4.79 Å². The molecule has 2 rings (SSSR count). The second-order valence-corrected chi connectivity index (χ2v) is 5.41. The normalized spacial score (nSPS) is 10.3. The molecule has 0 radical (unpaired) electrons. The van der Waals surface area contributed by atoms with Crippen LogP contribution in [0.3, 0.4) is 0 Å². The van der Waals surface area contributed by atoms with Gasteiger partial charge in [-0.05, 0) is 48.9 Å². The van der Waals surface area contributed by atoms with Crippen LogP contribution in [0.5, 0.6) is 0 Å². The molecule has 0 aliphatic carbocycles. The van der Waals surface area contributed by atoms with Gasteiger partial charge in [0.15, 0.2) is 0 Å². The quantitative estimate of drug-likeness (QED) is 0.925. The third-order valence-electron chi connectivity index (χ3n) is 3.15. The zero-order valence-electron chi connectivity index (χ0n) is 12.1. The van der Waals surface area contributed by atoms with Crippen molar-refractivity contribution in [2.45, 2.75) is 6.92 Å². The molecule has 0 unspecified atom stereocenters. The van der Waals surface area contributed by atoms with E-state index in [0.29, 0.717) is 5.69 Å². The Labute approximate surface area is 128 Å². The molecule has 0 aliphatic rings. The third-order valence-corrected chi connectivity index (χ3v) is 3.39. The Morgan fingerprint density at radius 1 is 1.19 bits per heavy atom. The van der Waals surface area contributed by atoms with Gasteiger partial charge in [-0.1, -0.05) is 11.6 Å². The number of aryl methyl sites for hydroxylation is 1. The zero-order valence-corrected chi connectivity index (χ0v) is 12.8. The van der Waals surface area contributed by atoms with Crippen LogP contribution in [-0.4, -0.2) is 20.0 Å². The standard InChI is InChI=1S/C16H16ClFN2O/c1-10-8-12(20(2)3)5-7-15(10)19-16(21)13-6-4-11(17)9-14(13)18/h4-9H,1-3H3,(H,19,21). The van der Waals surface area contributed by atoms with E-state index in [1.165, 1.54) is 12.1 Å². The van der Waals surface area contributed by atoms with E-state index in [-0.39, 0.29) is 10.6 Å². The van der Waals surface area contributed by atoms with E-state index in [1.54, 1.807) is 6.07 Å². The van der Waals surface area contributed by atoms with Crippen molar-refractivity contribution in [1.29, 1.82) is 0 Å². The van der Waals surface area contributed by atoms with Gasteiger partial charge >= 0.3 is 0 Å². The van der Waals surface area contributed by atoms with Gasteiger partial charge in [0.1, 0.15) is 5.82 Å². The molecule has 0 bridgehead atoms. The van der Waals surface area contributed by atoms with E-state index in [4.69, 9.17) is 11.6 Å². The Morgan fingerprint density at radius 2 is 1.90 bits per heavy atom. The van der Waals surface area contributed by atoms with Crippen molar-refractivity contribution >= 4 is 28.9 Å². The van der Waals surface area contributed by atoms with Crippen LogP contribution in [0.2, 0.25) is 5.02 Å². The lowest BCUT2D eigenvalue weighted by Gasteiger charge is -2.15. The largest absolute Gasteiger partial charge is 0.378 e. The smallest absolute Gasteiger partial charge is 0.258 e. The number of benzene rings is 2. The summed E-state index contributed by atoms with van der Waals surface area (Å²) in [6.45, 7) is 1.89. The number of nitrogens with zero attached hydrogens (tertiary/aromatic N) is 1. The summed E-state index contributed by atoms with van der Waals surface area (Å²) < 4.78 is 13.7. The highest BCUT2D eigenvalue weighted by Gasteiger charge is 2.13. The monoisotopic (exact) mass is 306 g/mol. The molecule has 0 aromatic heterocycles. The summed E-state index contributed by atoms with van der Waals surface area (Å²) in [6, 6.07) is 9.63. The number of nitrogens with one attached hydrogen (secondary N) is 1. The minimum absolute atomic E-state index is 0.0320. The van der Waals surface area contributed by atoms with Crippen LogP contribution in [0.4, 0.5) is 15.8 Å². The number of anilines is 2. The molecule has 0 heterocycles. The first-order valence-electron chi connectivity index (χ1n) is 6.43. The maximum atomic E-state index is 13.7. The lowest BCUT2D eigenvalue weighted by Crippen LogP contribution is -2.15. The van der Waals surface area contributed by atoms with Crippen molar-refractivity contribution in [3.8, 4) is 0 Å². The first-order chi connectivity index (χ1) is 9.88. The van der Waals surface area contributed by atoms with Crippen molar-refractivity contribution < 1.29 is 9.18 Å². The first kappa shape index (κ1) is 15.3. The molecule has 0 fully saturated rings. The third kappa shape index (κ3) is 3.52. The molecule has 0 atom stereocenters. The van der Waals surface area contributed by atoms with E-state index in [0.717, 1.165) is 17.3 Å². The lowest BCUT2D eigenvalue weighted by molar-refractivity contribution is 0.102. The molecule has 0 aliphatic heterocycles. The van der Waals surface area contributed by atoms with Gasteiger partial charge in [0.2, 0.25) is 0 Å².